The third-order valence-corrected chi connectivity index (χ3v) is 3.72. The quantitative estimate of drug-likeness (QED) is 0.875. The van der Waals surface area contributed by atoms with Crippen molar-refractivity contribution in [1.29, 1.82) is 0 Å². The predicted molar refractivity (Wildman–Crippen MR) is 69.4 cm³/mol. The largest absolute Gasteiger partial charge is 0.387 e. The number of hydrogen-bond donors (Lipinski definition) is 2. The molecule has 1 saturated heterocycles. The van der Waals surface area contributed by atoms with Crippen LogP contribution in [-0.4, -0.2) is 17.7 Å². The Kier molecular flexibility index (Phi) is 4.38. The normalized spacial score (nSPS) is 23.8. The predicted octanol–water partition coefficient (Wildman–Crippen LogP) is 3.01. The molecule has 2 nitrogen and oxygen atoms in total. The summed E-state index contributed by atoms with van der Waals surface area (Å²) in [5.41, 5.74) is 1.00. The first-order valence-electron chi connectivity index (χ1n) is 5.94. The van der Waals surface area contributed by atoms with Crippen LogP contribution in [0.3, 0.4) is 0 Å². The molecule has 0 radical (unpaired) electrons. The van der Waals surface area contributed by atoms with Crippen molar-refractivity contribution in [2.75, 3.05) is 6.54 Å². The molecule has 3 heteroatoms. The lowest BCUT2D eigenvalue weighted by atomic mass is 9.99. The van der Waals surface area contributed by atoms with Crippen LogP contribution in [0.2, 0.25) is 0 Å². The van der Waals surface area contributed by atoms with Crippen LogP contribution in [0.5, 0.6) is 0 Å². The van der Waals surface area contributed by atoms with Crippen LogP contribution in [0, 0.1) is 0 Å². The van der Waals surface area contributed by atoms with Gasteiger partial charge in [-0.05, 0) is 37.1 Å². The van der Waals surface area contributed by atoms with Gasteiger partial charge in [-0.1, -0.05) is 40.9 Å². The van der Waals surface area contributed by atoms with E-state index in [1.165, 1.54) is 19.3 Å². The molecule has 1 aliphatic rings. The Morgan fingerprint density at radius 1 is 1.19 bits per heavy atom. The fourth-order valence-electron chi connectivity index (χ4n) is 2.22. The molecule has 0 amide bonds. The molecular weight excluding hydrogens is 266 g/mol. The summed E-state index contributed by atoms with van der Waals surface area (Å²) in [5, 5.41) is 13.7. The summed E-state index contributed by atoms with van der Waals surface area (Å²) in [6.45, 7) is 1.03. The highest BCUT2D eigenvalue weighted by Gasteiger charge is 2.21. The van der Waals surface area contributed by atoms with Crippen LogP contribution in [0.25, 0.3) is 0 Å². The molecule has 16 heavy (non-hydrogen) atoms. The third kappa shape index (κ3) is 3.06. The highest BCUT2D eigenvalue weighted by molar-refractivity contribution is 9.10. The van der Waals surface area contributed by atoms with Gasteiger partial charge in [0.1, 0.15) is 0 Å². The number of rotatable bonds is 2. The molecule has 1 aliphatic heterocycles. The highest BCUT2D eigenvalue weighted by atomic mass is 79.9. The number of benzene rings is 1. The molecule has 2 unspecified atom stereocenters. The van der Waals surface area contributed by atoms with Crippen molar-refractivity contribution in [1.82, 2.24) is 5.32 Å². The first-order chi connectivity index (χ1) is 7.77. The molecule has 0 saturated carbocycles. The topological polar surface area (TPSA) is 32.3 Å². The molecule has 1 aromatic carbocycles. The fraction of sp³-hybridized carbons (Fsp3) is 0.538. The van der Waals surface area contributed by atoms with Crippen molar-refractivity contribution < 1.29 is 5.11 Å². The van der Waals surface area contributed by atoms with E-state index in [1.807, 2.05) is 24.3 Å². The molecule has 2 atom stereocenters. The third-order valence-electron chi connectivity index (χ3n) is 3.19. The minimum atomic E-state index is -0.383. The average molecular weight is 284 g/mol. The molecular formula is C13H18BrNO. The van der Waals surface area contributed by atoms with Gasteiger partial charge < -0.3 is 10.4 Å². The molecule has 2 N–H and O–H groups in total. The molecule has 1 fully saturated rings. The van der Waals surface area contributed by atoms with Gasteiger partial charge in [-0.15, -0.1) is 0 Å². The molecule has 0 bridgehead atoms. The van der Waals surface area contributed by atoms with Crippen LogP contribution in [0.1, 0.15) is 37.4 Å². The summed E-state index contributed by atoms with van der Waals surface area (Å²) < 4.78 is 1.05. The molecule has 2 rings (SSSR count). The van der Waals surface area contributed by atoms with Crippen LogP contribution < -0.4 is 5.32 Å². The van der Waals surface area contributed by atoms with Crippen LogP contribution >= 0.6 is 15.9 Å². The van der Waals surface area contributed by atoms with Gasteiger partial charge in [0, 0.05) is 10.5 Å². The van der Waals surface area contributed by atoms with E-state index in [4.69, 9.17) is 0 Å². The summed E-state index contributed by atoms with van der Waals surface area (Å²) in [6.07, 6.45) is 4.40. The molecule has 1 heterocycles. The lowest BCUT2D eigenvalue weighted by Crippen LogP contribution is -2.34. The number of hydrogen-bond acceptors (Lipinski definition) is 2. The minimum absolute atomic E-state index is 0.212. The molecule has 0 spiro atoms. The molecule has 0 aromatic heterocycles. The lowest BCUT2D eigenvalue weighted by molar-refractivity contribution is 0.126. The first-order valence-corrected chi connectivity index (χ1v) is 6.73. The number of nitrogens with one attached hydrogen (secondary N) is 1. The van der Waals surface area contributed by atoms with Crippen molar-refractivity contribution in [3.8, 4) is 0 Å². The van der Waals surface area contributed by atoms with Gasteiger partial charge >= 0.3 is 0 Å². The summed E-state index contributed by atoms with van der Waals surface area (Å²) >= 11 is 3.41. The van der Waals surface area contributed by atoms with E-state index in [0.717, 1.165) is 23.0 Å². The van der Waals surface area contributed by atoms with Gasteiger partial charge in [0.15, 0.2) is 0 Å². The minimum Gasteiger partial charge on any atom is -0.387 e. The Bertz CT molecular complexity index is 317. The lowest BCUT2D eigenvalue weighted by Gasteiger charge is -2.22. The van der Waals surface area contributed by atoms with Gasteiger partial charge in [0.2, 0.25) is 0 Å². The van der Waals surface area contributed by atoms with Crippen molar-refractivity contribution in [3.63, 3.8) is 0 Å². The maximum absolute atomic E-state index is 10.3. The Morgan fingerprint density at radius 3 is 2.69 bits per heavy atom. The molecule has 88 valence electrons. The van der Waals surface area contributed by atoms with E-state index in [0.29, 0.717) is 0 Å². The smallest absolute Gasteiger partial charge is 0.0942 e. The van der Waals surface area contributed by atoms with E-state index >= 15 is 0 Å². The summed E-state index contributed by atoms with van der Waals surface area (Å²) in [6, 6.07) is 8.15. The first kappa shape index (κ1) is 12.1. The molecule has 0 aliphatic carbocycles. The summed E-state index contributed by atoms with van der Waals surface area (Å²) in [5.74, 6) is 0. The van der Waals surface area contributed by atoms with E-state index in [-0.39, 0.29) is 12.1 Å². The monoisotopic (exact) mass is 283 g/mol. The van der Waals surface area contributed by atoms with Crippen molar-refractivity contribution >= 4 is 15.9 Å². The Balaban J connectivity index is 2.04. The van der Waals surface area contributed by atoms with E-state index in [1.54, 1.807) is 0 Å². The van der Waals surface area contributed by atoms with Gasteiger partial charge in [0.05, 0.1) is 6.10 Å². The Labute approximate surface area is 105 Å². The van der Waals surface area contributed by atoms with E-state index < -0.39 is 0 Å². The molecule has 1 aromatic rings. The second-order valence-electron chi connectivity index (χ2n) is 4.41. The summed E-state index contributed by atoms with van der Waals surface area (Å²) in [4.78, 5) is 0. The van der Waals surface area contributed by atoms with Gasteiger partial charge in [-0.2, -0.15) is 0 Å². The SMILES string of the molecule is OC(c1ccc(Br)cc1)C1CCCCCN1. The van der Waals surface area contributed by atoms with Gasteiger partial charge in [-0.25, -0.2) is 0 Å². The average Bonchev–Trinajstić information content (AvgIpc) is 2.57. The number of aliphatic hydroxyl groups excluding tert-OH is 1. The Morgan fingerprint density at radius 2 is 1.94 bits per heavy atom. The summed E-state index contributed by atoms with van der Waals surface area (Å²) in [7, 11) is 0. The van der Waals surface area contributed by atoms with Crippen LogP contribution in [0.15, 0.2) is 28.7 Å². The van der Waals surface area contributed by atoms with Crippen molar-refractivity contribution in [3.05, 3.63) is 34.3 Å². The van der Waals surface area contributed by atoms with Gasteiger partial charge in [0.25, 0.3) is 0 Å². The maximum Gasteiger partial charge on any atom is 0.0942 e. The van der Waals surface area contributed by atoms with Crippen LogP contribution in [-0.2, 0) is 0 Å². The highest BCUT2D eigenvalue weighted by Crippen LogP contribution is 2.23. The van der Waals surface area contributed by atoms with E-state index in [2.05, 4.69) is 21.2 Å². The van der Waals surface area contributed by atoms with Crippen molar-refractivity contribution in [2.45, 2.75) is 37.8 Å². The van der Waals surface area contributed by atoms with Crippen LogP contribution in [0.4, 0.5) is 0 Å². The van der Waals surface area contributed by atoms with Gasteiger partial charge in [-0.3, -0.25) is 0 Å². The zero-order chi connectivity index (χ0) is 11.4. The second-order valence-corrected chi connectivity index (χ2v) is 5.32. The van der Waals surface area contributed by atoms with E-state index in [9.17, 15) is 5.11 Å². The standard InChI is InChI=1S/C13H18BrNO/c14-11-7-5-10(6-8-11)13(16)12-4-2-1-3-9-15-12/h5-8,12-13,15-16H,1-4,9H2. The second kappa shape index (κ2) is 5.80. The fourth-order valence-corrected chi connectivity index (χ4v) is 2.48. The zero-order valence-corrected chi connectivity index (χ0v) is 10.9. The maximum atomic E-state index is 10.3. The zero-order valence-electron chi connectivity index (χ0n) is 9.32. The van der Waals surface area contributed by atoms with Crippen molar-refractivity contribution in [2.24, 2.45) is 0 Å². The Hall–Kier alpha value is -0.380. The number of halogens is 1. The number of aliphatic hydroxyl groups is 1.